The van der Waals surface area contributed by atoms with E-state index in [1.807, 2.05) is 24.3 Å². The lowest BCUT2D eigenvalue weighted by Crippen LogP contribution is -2.34. The van der Waals surface area contributed by atoms with Crippen molar-refractivity contribution in [3.63, 3.8) is 0 Å². The standard InChI is InChI=1S/C18H19FO2/c1-12-10-11-18(20,14-7-4-3-6-13(12)14)15-8-5-9-16(21-2)17(15)19/h3-9,12,20H,10-11H2,1-2H3. The lowest BCUT2D eigenvalue weighted by molar-refractivity contribution is 0.0538. The minimum absolute atomic E-state index is 0.164. The second-order valence-electron chi connectivity index (χ2n) is 5.71. The van der Waals surface area contributed by atoms with Crippen LogP contribution in [0.5, 0.6) is 5.75 Å². The monoisotopic (exact) mass is 286 g/mol. The average Bonchev–Trinajstić information content (AvgIpc) is 2.52. The fraction of sp³-hybridized carbons (Fsp3) is 0.333. The van der Waals surface area contributed by atoms with Gasteiger partial charge in [0.05, 0.1) is 7.11 Å². The van der Waals surface area contributed by atoms with E-state index in [0.29, 0.717) is 17.9 Å². The molecule has 0 bridgehead atoms. The van der Waals surface area contributed by atoms with Gasteiger partial charge in [-0.25, -0.2) is 4.39 Å². The second-order valence-corrected chi connectivity index (χ2v) is 5.71. The van der Waals surface area contributed by atoms with Crippen molar-refractivity contribution >= 4 is 0 Å². The fourth-order valence-electron chi connectivity index (χ4n) is 3.29. The number of hydrogen-bond donors (Lipinski definition) is 1. The van der Waals surface area contributed by atoms with Crippen molar-refractivity contribution in [3.8, 4) is 5.75 Å². The molecular weight excluding hydrogens is 267 g/mol. The third-order valence-corrected chi connectivity index (χ3v) is 4.51. The summed E-state index contributed by atoms with van der Waals surface area (Å²) in [5, 5.41) is 11.2. The van der Waals surface area contributed by atoms with Crippen LogP contribution in [0.1, 0.15) is 42.4 Å². The van der Waals surface area contributed by atoms with Crippen LogP contribution in [0.25, 0.3) is 0 Å². The van der Waals surface area contributed by atoms with E-state index in [9.17, 15) is 9.50 Å². The van der Waals surface area contributed by atoms with Crippen LogP contribution in [0.2, 0.25) is 0 Å². The van der Waals surface area contributed by atoms with Crippen LogP contribution in [-0.4, -0.2) is 12.2 Å². The van der Waals surface area contributed by atoms with Crippen LogP contribution in [-0.2, 0) is 5.60 Å². The maximum Gasteiger partial charge on any atom is 0.171 e. The molecule has 2 aromatic carbocycles. The SMILES string of the molecule is COc1cccc(C2(O)CCC(C)c3ccccc32)c1F. The number of aliphatic hydroxyl groups is 1. The number of halogens is 1. The molecule has 1 aliphatic carbocycles. The van der Waals surface area contributed by atoms with Gasteiger partial charge in [-0.2, -0.15) is 0 Å². The fourth-order valence-corrected chi connectivity index (χ4v) is 3.29. The highest BCUT2D eigenvalue weighted by Gasteiger charge is 2.40. The normalized spacial score (nSPS) is 24.5. The van der Waals surface area contributed by atoms with Crippen LogP contribution in [0, 0.1) is 5.82 Å². The molecule has 0 heterocycles. The highest BCUT2D eigenvalue weighted by molar-refractivity contribution is 5.47. The highest BCUT2D eigenvalue weighted by Crippen LogP contribution is 2.46. The van der Waals surface area contributed by atoms with Crippen molar-refractivity contribution in [1.29, 1.82) is 0 Å². The Balaban J connectivity index is 2.21. The zero-order valence-electron chi connectivity index (χ0n) is 12.3. The van der Waals surface area contributed by atoms with Crippen molar-refractivity contribution in [2.45, 2.75) is 31.3 Å². The van der Waals surface area contributed by atoms with Gasteiger partial charge in [0, 0.05) is 5.56 Å². The van der Waals surface area contributed by atoms with Gasteiger partial charge in [0.2, 0.25) is 0 Å². The number of fused-ring (bicyclic) bond motifs is 1. The van der Waals surface area contributed by atoms with E-state index in [0.717, 1.165) is 17.5 Å². The Bertz CT molecular complexity index is 668. The molecular formula is C18H19FO2. The molecule has 0 saturated carbocycles. The van der Waals surface area contributed by atoms with E-state index in [1.165, 1.54) is 7.11 Å². The Hall–Kier alpha value is -1.87. The van der Waals surface area contributed by atoms with Crippen molar-refractivity contribution in [1.82, 2.24) is 0 Å². The Morgan fingerprint density at radius 3 is 2.62 bits per heavy atom. The number of methoxy groups -OCH3 is 1. The summed E-state index contributed by atoms with van der Waals surface area (Å²) in [6.07, 6.45) is 1.33. The minimum Gasteiger partial charge on any atom is -0.494 e. The summed E-state index contributed by atoms with van der Waals surface area (Å²) in [5.74, 6) is 0.0547. The van der Waals surface area contributed by atoms with Crippen molar-refractivity contribution in [2.75, 3.05) is 7.11 Å². The first-order valence-electron chi connectivity index (χ1n) is 7.22. The molecule has 21 heavy (non-hydrogen) atoms. The molecule has 3 rings (SSSR count). The van der Waals surface area contributed by atoms with Crippen LogP contribution < -0.4 is 4.74 Å². The molecule has 3 heteroatoms. The summed E-state index contributed by atoms with van der Waals surface area (Å²) >= 11 is 0. The summed E-state index contributed by atoms with van der Waals surface area (Å²) in [6.45, 7) is 2.14. The summed E-state index contributed by atoms with van der Waals surface area (Å²) in [4.78, 5) is 0. The van der Waals surface area contributed by atoms with Gasteiger partial charge in [0.15, 0.2) is 11.6 Å². The topological polar surface area (TPSA) is 29.5 Å². The molecule has 0 amide bonds. The Morgan fingerprint density at radius 1 is 1.14 bits per heavy atom. The molecule has 0 aromatic heterocycles. The first kappa shape index (κ1) is 14.1. The van der Waals surface area contributed by atoms with Gasteiger partial charge in [0.25, 0.3) is 0 Å². The first-order chi connectivity index (χ1) is 10.1. The molecule has 2 unspecified atom stereocenters. The molecule has 0 aliphatic heterocycles. The van der Waals surface area contributed by atoms with E-state index >= 15 is 0 Å². The predicted octanol–water partition coefficient (Wildman–Crippen LogP) is 3.97. The molecule has 0 saturated heterocycles. The van der Waals surface area contributed by atoms with Gasteiger partial charge in [-0.3, -0.25) is 0 Å². The number of hydrogen-bond acceptors (Lipinski definition) is 2. The smallest absolute Gasteiger partial charge is 0.171 e. The molecule has 110 valence electrons. The van der Waals surface area contributed by atoms with Gasteiger partial charge in [-0.05, 0) is 36.0 Å². The average molecular weight is 286 g/mol. The molecule has 2 aromatic rings. The van der Waals surface area contributed by atoms with Crippen molar-refractivity contribution in [2.24, 2.45) is 0 Å². The zero-order valence-corrected chi connectivity index (χ0v) is 12.3. The van der Waals surface area contributed by atoms with E-state index in [1.54, 1.807) is 18.2 Å². The maximum atomic E-state index is 14.6. The van der Waals surface area contributed by atoms with Gasteiger partial charge in [-0.15, -0.1) is 0 Å². The highest BCUT2D eigenvalue weighted by atomic mass is 19.1. The summed E-state index contributed by atoms with van der Waals surface area (Å²) in [5.41, 5.74) is 0.896. The van der Waals surface area contributed by atoms with Gasteiger partial charge in [0.1, 0.15) is 5.60 Å². The molecule has 0 spiro atoms. The minimum atomic E-state index is -1.29. The molecule has 2 nitrogen and oxygen atoms in total. The zero-order chi connectivity index (χ0) is 15.0. The molecule has 0 fully saturated rings. The summed E-state index contributed by atoms with van der Waals surface area (Å²) in [7, 11) is 1.43. The quantitative estimate of drug-likeness (QED) is 0.905. The van der Waals surface area contributed by atoms with E-state index in [-0.39, 0.29) is 5.75 Å². The van der Waals surface area contributed by atoms with Crippen molar-refractivity contribution < 1.29 is 14.2 Å². The second kappa shape index (κ2) is 5.15. The molecule has 1 N–H and O–H groups in total. The first-order valence-corrected chi connectivity index (χ1v) is 7.22. The van der Waals surface area contributed by atoms with Gasteiger partial charge >= 0.3 is 0 Å². The lowest BCUT2D eigenvalue weighted by Gasteiger charge is -2.38. The van der Waals surface area contributed by atoms with Gasteiger partial charge < -0.3 is 9.84 Å². The Kier molecular flexibility index (Phi) is 3.46. The third-order valence-electron chi connectivity index (χ3n) is 4.51. The van der Waals surface area contributed by atoms with E-state index in [4.69, 9.17) is 4.74 Å². The van der Waals surface area contributed by atoms with E-state index < -0.39 is 11.4 Å². The largest absolute Gasteiger partial charge is 0.494 e. The summed E-state index contributed by atoms with van der Waals surface area (Å²) in [6, 6.07) is 12.7. The van der Waals surface area contributed by atoms with E-state index in [2.05, 4.69) is 6.92 Å². The molecule has 1 aliphatic rings. The Labute approximate surface area is 124 Å². The number of ether oxygens (including phenoxy) is 1. The number of benzene rings is 2. The summed E-state index contributed by atoms with van der Waals surface area (Å²) < 4.78 is 19.7. The maximum absolute atomic E-state index is 14.6. The Morgan fingerprint density at radius 2 is 1.86 bits per heavy atom. The van der Waals surface area contributed by atoms with Gasteiger partial charge in [-0.1, -0.05) is 43.3 Å². The predicted molar refractivity (Wildman–Crippen MR) is 80.0 cm³/mol. The molecule has 0 radical (unpaired) electrons. The van der Waals surface area contributed by atoms with Crippen LogP contribution >= 0.6 is 0 Å². The lowest BCUT2D eigenvalue weighted by atomic mass is 9.71. The van der Waals surface area contributed by atoms with Crippen LogP contribution in [0.15, 0.2) is 42.5 Å². The van der Waals surface area contributed by atoms with Crippen molar-refractivity contribution in [3.05, 3.63) is 65.0 Å². The third kappa shape index (κ3) is 2.12. The number of rotatable bonds is 2. The van der Waals surface area contributed by atoms with Crippen LogP contribution in [0.4, 0.5) is 4.39 Å². The van der Waals surface area contributed by atoms with Crippen LogP contribution in [0.3, 0.4) is 0 Å². The molecule has 2 atom stereocenters.